The second-order valence-electron chi connectivity index (χ2n) is 4.19. The number of hydrogen-bond acceptors (Lipinski definition) is 4. The van der Waals surface area contributed by atoms with Crippen LogP contribution in [-0.2, 0) is 20.1 Å². The molecule has 18 heavy (non-hydrogen) atoms. The Balaban J connectivity index is 2.09. The van der Waals surface area contributed by atoms with Gasteiger partial charge in [0.1, 0.15) is 5.56 Å². The molecule has 0 aliphatic rings. The number of carboxylic acid groups (broad SMARTS) is 1. The molecule has 0 amide bonds. The molecule has 96 valence electrons. The van der Waals surface area contributed by atoms with Gasteiger partial charge in [0.2, 0.25) is 0 Å². The minimum Gasteiger partial charge on any atom is -0.478 e. The predicted octanol–water partition coefficient (Wildman–Crippen LogP) is 1.81. The zero-order chi connectivity index (χ0) is 13.1. The van der Waals surface area contributed by atoms with Crippen molar-refractivity contribution in [1.82, 2.24) is 14.7 Å². The van der Waals surface area contributed by atoms with E-state index >= 15 is 0 Å². The first-order valence-corrected chi connectivity index (χ1v) is 6.41. The largest absolute Gasteiger partial charge is 0.478 e. The third kappa shape index (κ3) is 2.77. The summed E-state index contributed by atoms with van der Waals surface area (Å²) in [5.74, 6) is -0.928. The third-order valence-electron chi connectivity index (χ3n) is 2.72. The van der Waals surface area contributed by atoms with Crippen LogP contribution in [0.2, 0.25) is 0 Å². The molecule has 2 rings (SSSR count). The molecule has 0 atom stereocenters. The Kier molecular flexibility index (Phi) is 3.78. The van der Waals surface area contributed by atoms with E-state index in [9.17, 15) is 4.79 Å². The van der Waals surface area contributed by atoms with E-state index in [1.165, 1.54) is 11.1 Å². The van der Waals surface area contributed by atoms with Gasteiger partial charge in [-0.15, -0.1) is 11.3 Å². The number of nitrogens with zero attached hydrogens (tertiary/aromatic N) is 3. The first kappa shape index (κ1) is 12.8. The zero-order valence-corrected chi connectivity index (χ0v) is 11.1. The number of aryl methyl sites for hydroxylation is 1. The molecule has 0 aliphatic carbocycles. The average molecular weight is 265 g/mol. The van der Waals surface area contributed by atoms with Gasteiger partial charge in [0.25, 0.3) is 0 Å². The van der Waals surface area contributed by atoms with Crippen LogP contribution >= 0.6 is 11.3 Å². The zero-order valence-electron chi connectivity index (χ0n) is 10.3. The fourth-order valence-electron chi connectivity index (χ4n) is 1.81. The Morgan fingerprint density at radius 2 is 2.33 bits per heavy atom. The highest BCUT2D eigenvalue weighted by molar-refractivity contribution is 7.09. The standard InChI is InChI=1S/C12H15N3O2S/c1-14(7-9-4-3-5-18-9)8-11-10(12(16)17)6-13-15(11)2/h3-6H,7-8H2,1-2H3,(H,16,17). The van der Waals surface area contributed by atoms with Gasteiger partial charge in [-0.3, -0.25) is 9.58 Å². The Morgan fingerprint density at radius 1 is 1.56 bits per heavy atom. The summed E-state index contributed by atoms with van der Waals surface area (Å²) in [6.07, 6.45) is 1.40. The molecule has 0 unspecified atom stereocenters. The molecule has 5 nitrogen and oxygen atoms in total. The van der Waals surface area contributed by atoms with E-state index in [-0.39, 0.29) is 5.56 Å². The lowest BCUT2D eigenvalue weighted by molar-refractivity contribution is 0.0694. The Bertz CT molecular complexity index is 534. The summed E-state index contributed by atoms with van der Waals surface area (Å²) < 4.78 is 1.62. The van der Waals surface area contributed by atoms with E-state index in [0.717, 1.165) is 12.2 Å². The highest BCUT2D eigenvalue weighted by Crippen LogP contribution is 2.15. The van der Waals surface area contributed by atoms with Crippen LogP contribution in [0.4, 0.5) is 0 Å². The molecular weight excluding hydrogens is 250 g/mol. The van der Waals surface area contributed by atoms with Crippen LogP contribution in [0.25, 0.3) is 0 Å². The number of carbonyl (C=O) groups is 1. The lowest BCUT2D eigenvalue weighted by Gasteiger charge is -2.16. The fraction of sp³-hybridized carbons (Fsp3) is 0.333. The van der Waals surface area contributed by atoms with Crippen LogP contribution in [-0.4, -0.2) is 32.8 Å². The molecule has 0 spiro atoms. The van der Waals surface area contributed by atoms with Crippen molar-refractivity contribution in [2.75, 3.05) is 7.05 Å². The molecular formula is C12H15N3O2S. The quantitative estimate of drug-likeness (QED) is 0.895. The molecule has 2 aromatic heterocycles. The van der Waals surface area contributed by atoms with Crippen LogP contribution in [0.3, 0.4) is 0 Å². The van der Waals surface area contributed by atoms with Gasteiger partial charge >= 0.3 is 5.97 Å². The van der Waals surface area contributed by atoms with Gasteiger partial charge in [0.05, 0.1) is 11.9 Å². The van der Waals surface area contributed by atoms with E-state index in [4.69, 9.17) is 5.11 Å². The summed E-state index contributed by atoms with van der Waals surface area (Å²) in [4.78, 5) is 14.4. The van der Waals surface area contributed by atoms with Crippen molar-refractivity contribution in [3.8, 4) is 0 Å². The van der Waals surface area contributed by atoms with Gasteiger partial charge in [-0.05, 0) is 18.5 Å². The van der Waals surface area contributed by atoms with E-state index in [2.05, 4.69) is 16.1 Å². The SMILES string of the molecule is CN(Cc1cccs1)Cc1c(C(=O)O)cnn1C. The Labute approximate surface area is 109 Å². The number of thiophene rings is 1. The minimum absolute atomic E-state index is 0.274. The van der Waals surface area contributed by atoms with Gasteiger partial charge in [-0.2, -0.15) is 5.10 Å². The maximum Gasteiger partial charge on any atom is 0.339 e. The number of rotatable bonds is 5. The molecule has 0 bridgehead atoms. The molecule has 0 aliphatic heterocycles. The summed E-state index contributed by atoms with van der Waals surface area (Å²) in [6.45, 7) is 1.37. The summed E-state index contributed by atoms with van der Waals surface area (Å²) in [7, 11) is 3.74. The summed E-state index contributed by atoms with van der Waals surface area (Å²) in [6, 6.07) is 4.09. The molecule has 1 N–H and O–H groups in total. The van der Waals surface area contributed by atoms with Gasteiger partial charge in [-0.25, -0.2) is 4.79 Å². The topological polar surface area (TPSA) is 58.4 Å². The molecule has 0 fully saturated rings. The maximum absolute atomic E-state index is 11.1. The third-order valence-corrected chi connectivity index (χ3v) is 3.58. The van der Waals surface area contributed by atoms with E-state index in [0.29, 0.717) is 6.54 Å². The van der Waals surface area contributed by atoms with Crippen molar-refractivity contribution in [1.29, 1.82) is 0 Å². The van der Waals surface area contributed by atoms with Crippen LogP contribution in [0.5, 0.6) is 0 Å². The maximum atomic E-state index is 11.1. The molecule has 0 aromatic carbocycles. The summed E-state index contributed by atoms with van der Waals surface area (Å²) in [5, 5.41) is 15.1. The highest BCUT2D eigenvalue weighted by atomic mass is 32.1. The first-order chi connectivity index (χ1) is 8.58. The number of carboxylic acids is 1. The first-order valence-electron chi connectivity index (χ1n) is 5.53. The lowest BCUT2D eigenvalue weighted by Crippen LogP contribution is -2.20. The summed E-state index contributed by atoms with van der Waals surface area (Å²) >= 11 is 1.70. The van der Waals surface area contributed by atoms with Gasteiger partial charge in [0, 0.05) is 25.0 Å². The van der Waals surface area contributed by atoms with Crippen molar-refractivity contribution >= 4 is 17.3 Å². The normalized spacial score (nSPS) is 11.1. The monoisotopic (exact) mass is 265 g/mol. The van der Waals surface area contributed by atoms with Crippen molar-refractivity contribution in [2.45, 2.75) is 13.1 Å². The van der Waals surface area contributed by atoms with Crippen LogP contribution in [0.1, 0.15) is 20.9 Å². The Morgan fingerprint density at radius 3 is 2.94 bits per heavy atom. The van der Waals surface area contributed by atoms with Crippen LogP contribution < -0.4 is 0 Å². The average Bonchev–Trinajstić information content (AvgIpc) is 2.90. The van der Waals surface area contributed by atoms with Crippen molar-refractivity contribution in [3.63, 3.8) is 0 Å². The van der Waals surface area contributed by atoms with Crippen molar-refractivity contribution < 1.29 is 9.90 Å². The van der Waals surface area contributed by atoms with Crippen LogP contribution in [0.15, 0.2) is 23.7 Å². The Hall–Kier alpha value is -1.66. The second-order valence-corrected chi connectivity index (χ2v) is 5.22. The van der Waals surface area contributed by atoms with Crippen molar-refractivity contribution in [2.24, 2.45) is 7.05 Å². The molecule has 0 radical (unpaired) electrons. The van der Waals surface area contributed by atoms with Gasteiger partial charge in [0.15, 0.2) is 0 Å². The van der Waals surface area contributed by atoms with Gasteiger partial charge in [-0.1, -0.05) is 6.07 Å². The van der Waals surface area contributed by atoms with Gasteiger partial charge < -0.3 is 5.11 Å². The van der Waals surface area contributed by atoms with Crippen molar-refractivity contribution in [3.05, 3.63) is 39.8 Å². The van der Waals surface area contributed by atoms with E-state index < -0.39 is 5.97 Å². The molecule has 6 heteroatoms. The number of aromatic carboxylic acids is 1. The molecule has 0 saturated carbocycles. The number of aromatic nitrogens is 2. The highest BCUT2D eigenvalue weighted by Gasteiger charge is 2.16. The van der Waals surface area contributed by atoms with Crippen LogP contribution in [0, 0.1) is 0 Å². The number of hydrogen-bond donors (Lipinski definition) is 1. The predicted molar refractivity (Wildman–Crippen MR) is 69.7 cm³/mol. The molecule has 2 heterocycles. The molecule has 0 saturated heterocycles. The smallest absolute Gasteiger partial charge is 0.339 e. The van der Waals surface area contributed by atoms with E-state index in [1.54, 1.807) is 23.1 Å². The lowest BCUT2D eigenvalue weighted by atomic mass is 10.2. The second kappa shape index (κ2) is 5.32. The summed E-state index contributed by atoms with van der Waals surface area (Å²) in [5.41, 5.74) is 0.997. The van der Waals surface area contributed by atoms with E-state index in [1.807, 2.05) is 18.5 Å². The minimum atomic E-state index is -0.928. The molecule has 2 aromatic rings. The fourth-order valence-corrected chi connectivity index (χ4v) is 2.59.